The van der Waals surface area contributed by atoms with E-state index in [9.17, 15) is 18.0 Å². The Bertz CT molecular complexity index is 732. The van der Waals surface area contributed by atoms with Crippen LogP contribution in [0.2, 0.25) is 0 Å². The van der Waals surface area contributed by atoms with Crippen LogP contribution in [-0.4, -0.2) is 62.2 Å². The molecule has 0 unspecified atom stereocenters. The summed E-state index contributed by atoms with van der Waals surface area (Å²) in [7, 11) is -2.28. The van der Waals surface area contributed by atoms with Gasteiger partial charge in [-0.15, -0.1) is 0 Å². The van der Waals surface area contributed by atoms with Gasteiger partial charge in [-0.05, 0) is 30.7 Å². The van der Waals surface area contributed by atoms with E-state index in [2.05, 4.69) is 5.32 Å². The van der Waals surface area contributed by atoms with E-state index in [1.807, 2.05) is 0 Å². The van der Waals surface area contributed by atoms with Crippen molar-refractivity contribution in [2.24, 2.45) is 0 Å². The minimum atomic E-state index is -3.74. The smallest absolute Gasteiger partial charge is 0.321 e. The summed E-state index contributed by atoms with van der Waals surface area (Å²) in [4.78, 5) is 25.7. The Morgan fingerprint density at radius 3 is 2.43 bits per heavy atom. The van der Waals surface area contributed by atoms with E-state index in [-0.39, 0.29) is 18.1 Å². The lowest BCUT2D eigenvalue weighted by Gasteiger charge is -2.32. The molecule has 0 aromatic heterocycles. The quantitative estimate of drug-likeness (QED) is 0.836. The predicted molar refractivity (Wildman–Crippen MR) is 84.4 cm³/mol. The maximum Gasteiger partial charge on any atom is 0.321 e. The van der Waals surface area contributed by atoms with Crippen LogP contribution in [0, 0.1) is 0 Å². The highest BCUT2D eigenvalue weighted by atomic mass is 32.2. The number of carbonyl (C=O) groups excluding carboxylic acids is 2. The van der Waals surface area contributed by atoms with Crippen LogP contribution < -0.4 is 10.2 Å². The van der Waals surface area contributed by atoms with Gasteiger partial charge in [-0.25, -0.2) is 9.10 Å². The van der Waals surface area contributed by atoms with Crippen molar-refractivity contribution in [1.29, 1.82) is 0 Å². The number of hydrogen-bond acceptors (Lipinski definition) is 4. The van der Waals surface area contributed by atoms with Crippen LogP contribution in [0.5, 0.6) is 0 Å². The number of hydrogen-bond donors (Lipinski definition) is 1. The van der Waals surface area contributed by atoms with Crippen LogP contribution in [0.15, 0.2) is 24.3 Å². The lowest BCUT2D eigenvalue weighted by molar-refractivity contribution is 0.0841. The zero-order valence-corrected chi connectivity index (χ0v) is 13.5. The molecule has 3 rings (SSSR count). The number of anilines is 1. The van der Waals surface area contributed by atoms with E-state index in [0.717, 1.165) is 4.31 Å². The number of rotatable bonds is 2. The molecule has 1 N–H and O–H groups in total. The minimum absolute atomic E-state index is 0.177. The van der Waals surface area contributed by atoms with Crippen molar-refractivity contribution in [2.45, 2.75) is 6.42 Å². The fraction of sp³-hybridized carbons (Fsp3) is 0.429. The molecule has 23 heavy (non-hydrogen) atoms. The van der Waals surface area contributed by atoms with Crippen LogP contribution in [0.25, 0.3) is 0 Å². The van der Waals surface area contributed by atoms with Gasteiger partial charge >= 0.3 is 16.2 Å². The second kappa shape index (κ2) is 5.82. The lowest BCUT2D eigenvalue weighted by atomic mass is 10.2. The molecule has 0 atom stereocenters. The molecule has 2 aliphatic rings. The highest BCUT2D eigenvalue weighted by Crippen LogP contribution is 2.21. The molecule has 124 valence electrons. The van der Waals surface area contributed by atoms with Crippen LogP contribution >= 0.6 is 0 Å². The first kappa shape index (κ1) is 15.8. The SMILES string of the molecule is CN1CCCN(C(=O)c2ccc(N3CCNC3=O)cc2)S1(=O)=O. The summed E-state index contributed by atoms with van der Waals surface area (Å²) in [6, 6.07) is 6.22. The molecule has 2 saturated heterocycles. The van der Waals surface area contributed by atoms with Gasteiger partial charge in [0.2, 0.25) is 0 Å². The van der Waals surface area contributed by atoms with Gasteiger partial charge in [0.25, 0.3) is 5.91 Å². The lowest BCUT2D eigenvalue weighted by Crippen LogP contribution is -2.50. The van der Waals surface area contributed by atoms with Crippen LogP contribution in [0.3, 0.4) is 0 Å². The molecule has 0 radical (unpaired) electrons. The fourth-order valence-corrected chi connectivity index (χ4v) is 4.06. The number of amides is 3. The third-order valence-electron chi connectivity index (χ3n) is 4.02. The van der Waals surface area contributed by atoms with Crippen molar-refractivity contribution in [3.8, 4) is 0 Å². The average Bonchev–Trinajstić information content (AvgIpc) is 2.96. The Kier molecular flexibility index (Phi) is 3.99. The van der Waals surface area contributed by atoms with E-state index in [0.29, 0.717) is 31.7 Å². The Hall–Kier alpha value is -2.13. The number of benzene rings is 1. The van der Waals surface area contributed by atoms with Gasteiger partial charge < -0.3 is 5.32 Å². The molecule has 3 amide bonds. The summed E-state index contributed by atoms with van der Waals surface area (Å²) in [5.74, 6) is -0.547. The van der Waals surface area contributed by atoms with Gasteiger partial charge in [0.1, 0.15) is 0 Å². The highest BCUT2D eigenvalue weighted by molar-refractivity contribution is 7.87. The summed E-state index contributed by atoms with van der Waals surface area (Å²) in [5, 5.41) is 2.70. The van der Waals surface area contributed by atoms with Crippen molar-refractivity contribution in [1.82, 2.24) is 13.9 Å². The number of nitrogens with zero attached hydrogens (tertiary/aromatic N) is 3. The first-order valence-electron chi connectivity index (χ1n) is 7.35. The Morgan fingerprint density at radius 2 is 1.83 bits per heavy atom. The van der Waals surface area contributed by atoms with E-state index in [4.69, 9.17) is 0 Å². The molecule has 0 saturated carbocycles. The summed E-state index contributed by atoms with van der Waals surface area (Å²) < 4.78 is 26.5. The Labute approximate surface area is 134 Å². The molecule has 0 bridgehead atoms. The summed E-state index contributed by atoms with van der Waals surface area (Å²) >= 11 is 0. The van der Waals surface area contributed by atoms with Crippen molar-refractivity contribution < 1.29 is 18.0 Å². The van der Waals surface area contributed by atoms with Gasteiger partial charge in [0.05, 0.1) is 0 Å². The maximum absolute atomic E-state index is 12.5. The summed E-state index contributed by atoms with van der Waals surface area (Å²) in [6.45, 7) is 1.74. The van der Waals surface area contributed by atoms with Crippen LogP contribution in [0.4, 0.5) is 10.5 Å². The average molecular weight is 338 g/mol. The van der Waals surface area contributed by atoms with E-state index < -0.39 is 16.1 Å². The van der Waals surface area contributed by atoms with Gasteiger partial charge in [0, 0.05) is 44.5 Å². The number of urea groups is 1. The van der Waals surface area contributed by atoms with Crippen LogP contribution in [-0.2, 0) is 10.2 Å². The summed E-state index contributed by atoms with van der Waals surface area (Å²) in [6.07, 6.45) is 0.605. The zero-order valence-electron chi connectivity index (χ0n) is 12.7. The van der Waals surface area contributed by atoms with Gasteiger partial charge in [0.15, 0.2) is 0 Å². The Balaban J connectivity index is 1.82. The monoisotopic (exact) mass is 338 g/mol. The molecule has 9 heteroatoms. The van der Waals surface area contributed by atoms with Gasteiger partial charge in [-0.2, -0.15) is 12.7 Å². The molecule has 0 spiro atoms. The first-order chi connectivity index (χ1) is 10.9. The number of carbonyl (C=O) groups is 2. The number of nitrogens with one attached hydrogen (secondary N) is 1. The molecule has 1 aromatic rings. The topological polar surface area (TPSA) is 90.0 Å². The predicted octanol–water partition coefficient (Wildman–Crippen LogP) is 0.239. The molecular weight excluding hydrogens is 320 g/mol. The van der Waals surface area contributed by atoms with Gasteiger partial charge in [-0.3, -0.25) is 9.69 Å². The van der Waals surface area contributed by atoms with Crippen molar-refractivity contribution >= 4 is 27.8 Å². The van der Waals surface area contributed by atoms with Crippen LogP contribution in [0.1, 0.15) is 16.8 Å². The minimum Gasteiger partial charge on any atom is -0.336 e. The van der Waals surface area contributed by atoms with E-state index in [1.54, 1.807) is 29.2 Å². The first-order valence-corrected chi connectivity index (χ1v) is 8.75. The molecule has 2 heterocycles. The fourth-order valence-electron chi connectivity index (χ4n) is 2.69. The molecule has 1 aromatic carbocycles. The zero-order chi connectivity index (χ0) is 16.6. The molecule has 2 fully saturated rings. The second-order valence-corrected chi connectivity index (χ2v) is 7.45. The standard InChI is InChI=1S/C14H18N4O4S/c1-16-8-2-9-18(23(16,21)22)13(19)11-3-5-12(6-4-11)17-10-7-15-14(17)20/h3-6H,2,7-10H2,1H3,(H,15,20). The highest BCUT2D eigenvalue weighted by Gasteiger charge is 2.35. The molecule has 0 aliphatic carbocycles. The van der Waals surface area contributed by atoms with E-state index >= 15 is 0 Å². The normalized spacial score (nSPS) is 21.3. The van der Waals surface area contributed by atoms with Crippen molar-refractivity contribution in [2.75, 3.05) is 38.1 Å². The molecule has 2 aliphatic heterocycles. The van der Waals surface area contributed by atoms with Crippen molar-refractivity contribution in [3.05, 3.63) is 29.8 Å². The summed E-state index contributed by atoms with van der Waals surface area (Å²) in [5.41, 5.74) is 0.961. The van der Waals surface area contributed by atoms with E-state index in [1.165, 1.54) is 11.4 Å². The maximum atomic E-state index is 12.5. The third-order valence-corrected chi connectivity index (χ3v) is 5.89. The van der Waals surface area contributed by atoms with Gasteiger partial charge in [-0.1, -0.05) is 0 Å². The molecular formula is C14H18N4O4S. The Morgan fingerprint density at radius 1 is 1.13 bits per heavy atom. The second-order valence-electron chi connectivity index (χ2n) is 5.49. The largest absolute Gasteiger partial charge is 0.336 e. The molecule has 8 nitrogen and oxygen atoms in total. The third kappa shape index (κ3) is 2.77. The van der Waals surface area contributed by atoms with Crippen molar-refractivity contribution in [3.63, 3.8) is 0 Å².